The van der Waals surface area contributed by atoms with Crippen LogP contribution in [0.3, 0.4) is 0 Å². The summed E-state index contributed by atoms with van der Waals surface area (Å²) in [6.45, 7) is 1.62. The Bertz CT molecular complexity index is 842. The molecule has 1 fully saturated rings. The molecule has 0 aliphatic heterocycles. The highest BCUT2D eigenvalue weighted by molar-refractivity contribution is 6.00. The highest BCUT2D eigenvalue weighted by atomic mass is 19.4. The molecular formula is C15H15F3N4O3. The molecule has 3 rings (SSSR count). The molecule has 1 N–H and O–H groups in total. The Kier molecular flexibility index (Phi) is 4.13. The van der Waals surface area contributed by atoms with Gasteiger partial charge in [0.2, 0.25) is 0 Å². The first-order chi connectivity index (χ1) is 11.7. The summed E-state index contributed by atoms with van der Waals surface area (Å²) in [5.41, 5.74) is 0.286. The van der Waals surface area contributed by atoms with Gasteiger partial charge in [-0.2, -0.15) is 18.3 Å². The molecule has 134 valence electrons. The Morgan fingerprint density at radius 2 is 2.08 bits per heavy atom. The molecule has 0 aromatic carbocycles. The minimum atomic E-state index is -4.53. The quantitative estimate of drug-likeness (QED) is 0.846. The molecule has 2 heterocycles. The molecule has 0 spiro atoms. The third-order valence-electron chi connectivity index (χ3n) is 4.02. The molecule has 0 radical (unpaired) electrons. The second-order valence-electron chi connectivity index (χ2n) is 5.90. The standard InChI is InChI=1S/C15H15F3N4O3/c1-7-5-10(14(24)25-2)20-12-9(6-19-22(7)12)13(23)21-11(8-3-4-8)15(16,17)18/h5-6,8,11H,3-4H2,1-2H3,(H,21,23)/t11-/m1/s1. The van der Waals surface area contributed by atoms with Crippen LogP contribution >= 0.6 is 0 Å². The Hall–Kier alpha value is -2.65. The molecule has 0 saturated heterocycles. The van der Waals surface area contributed by atoms with Gasteiger partial charge in [0.05, 0.1) is 13.3 Å². The summed E-state index contributed by atoms with van der Waals surface area (Å²) in [4.78, 5) is 28.0. The van der Waals surface area contributed by atoms with Crippen molar-refractivity contribution in [1.29, 1.82) is 0 Å². The van der Waals surface area contributed by atoms with Crippen molar-refractivity contribution in [3.05, 3.63) is 29.2 Å². The van der Waals surface area contributed by atoms with Gasteiger partial charge >= 0.3 is 12.1 Å². The first kappa shape index (κ1) is 17.2. The number of carbonyl (C=O) groups is 2. The van der Waals surface area contributed by atoms with E-state index in [-0.39, 0.29) is 16.9 Å². The van der Waals surface area contributed by atoms with Crippen molar-refractivity contribution >= 4 is 17.5 Å². The monoisotopic (exact) mass is 356 g/mol. The van der Waals surface area contributed by atoms with Crippen LogP contribution < -0.4 is 5.32 Å². The Labute approximate surface area is 140 Å². The van der Waals surface area contributed by atoms with Gasteiger partial charge < -0.3 is 10.1 Å². The molecule has 2 aromatic heterocycles. The minimum Gasteiger partial charge on any atom is -0.464 e. The van der Waals surface area contributed by atoms with Gasteiger partial charge in [0.1, 0.15) is 11.6 Å². The maximum Gasteiger partial charge on any atom is 0.408 e. The predicted molar refractivity (Wildman–Crippen MR) is 79.1 cm³/mol. The molecular weight excluding hydrogens is 341 g/mol. The Morgan fingerprint density at radius 3 is 2.64 bits per heavy atom. The number of halogens is 3. The normalized spacial score (nSPS) is 15.9. The number of carbonyl (C=O) groups excluding carboxylic acids is 2. The number of amides is 1. The Morgan fingerprint density at radius 1 is 1.40 bits per heavy atom. The van der Waals surface area contributed by atoms with Crippen LogP contribution in [-0.2, 0) is 4.74 Å². The molecule has 1 aliphatic rings. The van der Waals surface area contributed by atoms with Crippen molar-refractivity contribution in [2.75, 3.05) is 7.11 Å². The topological polar surface area (TPSA) is 85.6 Å². The van der Waals surface area contributed by atoms with E-state index >= 15 is 0 Å². The zero-order chi connectivity index (χ0) is 18.4. The van der Waals surface area contributed by atoms with Crippen LogP contribution in [0.1, 0.15) is 39.4 Å². The third-order valence-corrected chi connectivity index (χ3v) is 4.02. The average Bonchev–Trinajstić information content (AvgIpc) is 3.28. The zero-order valence-corrected chi connectivity index (χ0v) is 13.4. The third kappa shape index (κ3) is 3.28. The summed E-state index contributed by atoms with van der Waals surface area (Å²) in [5.74, 6) is -2.26. The van der Waals surface area contributed by atoms with E-state index in [4.69, 9.17) is 0 Å². The first-order valence-electron chi connectivity index (χ1n) is 7.53. The number of methoxy groups -OCH3 is 1. The van der Waals surface area contributed by atoms with Gasteiger partial charge in [0, 0.05) is 5.69 Å². The fourth-order valence-electron chi connectivity index (χ4n) is 2.60. The predicted octanol–water partition coefficient (Wildman–Crippen LogP) is 1.90. The van der Waals surface area contributed by atoms with Gasteiger partial charge in [-0.05, 0) is 31.7 Å². The van der Waals surface area contributed by atoms with E-state index in [1.807, 2.05) is 5.32 Å². The van der Waals surface area contributed by atoms with Crippen LogP contribution in [0.4, 0.5) is 13.2 Å². The second-order valence-corrected chi connectivity index (χ2v) is 5.90. The molecule has 10 heteroatoms. The van der Waals surface area contributed by atoms with Crippen LogP contribution in [0.5, 0.6) is 0 Å². The molecule has 0 unspecified atom stereocenters. The number of hydrogen-bond donors (Lipinski definition) is 1. The lowest BCUT2D eigenvalue weighted by Gasteiger charge is -2.20. The van der Waals surface area contributed by atoms with Gasteiger partial charge in [0.15, 0.2) is 11.3 Å². The first-order valence-corrected chi connectivity index (χ1v) is 7.53. The van der Waals surface area contributed by atoms with Crippen molar-refractivity contribution in [3.8, 4) is 0 Å². The molecule has 2 aromatic rings. The largest absolute Gasteiger partial charge is 0.464 e. The summed E-state index contributed by atoms with van der Waals surface area (Å²) in [5, 5.41) is 5.98. The van der Waals surface area contributed by atoms with E-state index in [9.17, 15) is 22.8 Å². The van der Waals surface area contributed by atoms with Gasteiger partial charge in [-0.3, -0.25) is 4.79 Å². The van der Waals surface area contributed by atoms with Crippen molar-refractivity contribution in [3.63, 3.8) is 0 Å². The summed E-state index contributed by atoms with van der Waals surface area (Å²) in [6.07, 6.45) is -2.56. The number of alkyl halides is 3. The number of aryl methyl sites for hydroxylation is 1. The summed E-state index contributed by atoms with van der Waals surface area (Å²) >= 11 is 0. The maximum absolute atomic E-state index is 13.1. The fourth-order valence-corrected chi connectivity index (χ4v) is 2.60. The Balaban J connectivity index is 1.96. The number of aromatic nitrogens is 3. The number of nitrogens with zero attached hydrogens (tertiary/aromatic N) is 3. The SMILES string of the molecule is COC(=O)c1cc(C)n2ncc(C(=O)N[C@H](C3CC3)C(F)(F)F)c2n1. The second kappa shape index (κ2) is 6.01. The maximum atomic E-state index is 13.1. The number of fused-ring (bicyclic) bond motifs is 1. The smallest absolute Gasteiger partial charge is 0.408 e. The number of nitrogens with one attached hydrogen (secondary N) is 1. The van der Waals surface area contributed by atoms with Crippen LogP contribution in [0.25, 0.3) is 5.65 Å². The molecule has 1 atom stereocenters. The lowest BCUT2D eigenvalue weighted by Crippen LogP contribution is -2.46. The van der Waals surface area contributed by atoms with Crippen LogP contribution in [-0.4, -0.2) is 45.8 Å². The van der Waals surface area contributed by atoms with E-state index in [1.165, 1.54) is 17.7 Å². The van der Waals surface area contributed by atoms with Gasteiger partial charge in [0.25, 0.3) is 5.91 Å². The number of ether oxygens (including phenoxy) is 1. The summed E-state index contributed by atoms with van der Waals surface area (Å²) in [7, 11) is 1.18. The van der Waals surface area contributed by atoms with Crippen molar-refractivity contribution < 1.29 is 27.5 Å². The molecule has 1 saturated carbocycles. The number of hydrogen-bond acceptors (Lipinski definition) is 5. The highest BCUT2D eigenvalue weighted by Gasteiger charge is 2.49. The van der Waals surface area contributed by atoms with Crippen molar-refractivity contribution in [2.45, 2.75) is 32.0 Å². The number of esters is 1. The van der Waals surface area contributed by atoms with Gasteiger partial charge in [-0.15, -0.1) is 0 Å². The van der Waals surface area contributed by atoms with Crippen molar-refractivity contribution in [2.24, 2.45) is 5.92 Å². The average molecular weight is 356 g/mol. The van der Waals surface area contributed by atoms with Gasteiger partial charge in [-0.25, -0.2) is 14.3 Å². The fraction of sp³-hybridized carbons (Fsp3) is 0.467. The van der Waals surface area contributed by atoms with E-state index in [0.29, 0.717) is 18.5 Å². The van der Waals surface area contributed by atoms with E-state index < -0.39 is 30.0 Å². The summed E-state index contributed by atoms with van der Waals surface area (Å²) in [6, 6.07) is -0.490. The van der Waals surface area contributed by atoms with E-state index in [0.717, 1.165) is 6.20 Å². The number of rotatable bonds is 4. The van der Waals surface area contributed by atoms with E-state index in [2.05, 4.69) is 14.8 Å². The van der Waals surface area contributed by atoms with Gasteiger partial charge in [-0.1, -0.05) is 0 Å². The molecule has 7 nitrogen and oxygen atoms in total. The van der Waals surface area contributed by atoms with Crippen molar-refractivity contribution in [1.82, 2.24) is 19.9 Å². The lowest BCUT2D eigenvalue weighted by atomic mass is 10.1. The lowest BCUT2D eigenvalue weighted by molar-refractivity contribution is -0.158. The van der Waals surface area contributed by atoms with Crippen LogP contribution in [0.2, 0.25) is 0 Å². The molecule has 1 aliphatic carbocycles. The molecule has 25 heavy (non-hydrogen) atoms. The molecule has 0 bridgehead atoms. The minimum absolute atomic E-state index is 0.00498. The van der Waals surface area contributed by atoms with Crippen LogP contribution in [0, 0.1) is 12.8 Å². The highest BCUT2D eigenvalue weighted by Crippen LogP contribution is 2.40. The van der Waals surface area contributed by atoms with Crippen LogP contribution in [0.15, 0.2) is 12.3 Å². The van der Waals surface area contributed by atoms with E-state index in [1.54, 1.807) is 6.92 Å². The zero-order valence-electron chi connectivity index (χ0n) is 13.4. The molecule has 1 amide bonds. The summed E-state index contributed by atoms with van der Waals surface area (Å²) < 4.78 is 45.1.